The van der Waals surface area contributed by atoms with E-state index in [0.717, 1.165) is 25.1 Å². The van der Waals surface area contributed by atoms with Crippen LogP contribution in [-0.4, -0.2) is 18.5 Å². The summed E-state index contributed by atoms with van der Waals surface area (Å²) in [5.74, 6) is 0.179. The number of rotatable bonds is 7. The van der Waals surface area contributed by atoms with E-state index in [2.05, 4.69) is 50.0 Å². The van der Waals surface area contributed by atoms with E-state index in [1.54, 1.807) is 0 Å². The first-order chi connectivity index (χ1) is 9.49. The number of benzene rings is 1. The summed E-state index contributed by atoms with van der Waals surface area (Å²) in [5.41, 5.74) is 2.07. The number of carbonyl (C=O) groups excluding carboxylic acids is 1. The molecule has 0 saturated carbocycles. The lowest BCUT2D eigenvalue weighted by atomic mass is 10.1. The van der Waals surface area contributed by atoms with Gasteiger partial charge >= 0.3 is 0 Å². The smallest absolute Gasteiger partial charge is 0.227 e. The Kier molecular flexibility index (Phi) is 6.56. The fourth-order valence-corrected chi connectivity index (χ4v) is 2.41. The molecule has 0 fully saturated rings. The second-order valence-electron chi connectivity index (χ2n) is 5.61. The van der Waals surface area contributed by atoms with Crippen LogP contribution in [0.4, 0.5) is 11.4 Å². The molecule has 1 rings (SSSR count). The third kappa shape index (κ3) is 4.55. The lowest BCUT2D eigenvalue weighted by Crippen LogP contribution is -2.30. The molecule has 0 bridgehead atoms. The van der Waals surface area contributed by atoms with Crippen LogP contribution in [0.1, 0.15) is 47.5 Å². The lowest BCUT2D eigenvalue weighted by molar-refractivity contribution is -0.119. The van der Waals surface area contributed by atoms with Crippen molar-refractivity contribution in [3.05, 3.63) is 24.3 Å². The molecule has 1 amide bonds. The highest BCUT2D eigenvalue weighted by atomic mass is 16.1. The zero-order valence-electron chi connectivity index (χ0n) is 13.4. The third-order valence-electron chi connectivity index (χ3n) is 3.60. The summed E-state index contributed by atoms with van der Waals surface area (Å²) in [6, 6.07) is 8.59. The summed E-state index contributed by atoms with van der Waals surface area (Å²) < 4.78 is 0. The predicted molar refractivity (Wildman–Crippen MR) is 87.3 cm³/mol. The first kappa shape index (κ1) is 16.5. The van der Waals surface area contributed by atoms with Crippen LogP contribution >= 0.6 is 0 Å². The molecule has 1 unspecified atom stereocenters. The standard InChI is InChI=1S/C17H28N2O/c1-6-8-14(5)17(20)18-15-9-11-16(12-10-15)19(7-2)13(3)4/h9-14H,6-8H2,1-5H3,(H,18,20). The van der Waals surface area contributed by atoms with Gasteiger partial charge in [0.15, 0.2) is 0 Å². The topological polar surface area (TPSA) is 32.3 Å². The maximum atomic E-state index is 12.0. The van der Waals surface area contributed by atoms with Crippen molar-refractivity contribution in [3.63, 3.8) is 0 Å². The lowest BCUT2D eigenvalue weighted by Gasteiger charge is -2.27. The van der Waals surface area contributed by atoms with E-state index < -0.39 is 0 Å². The normalized spacial score (nSPS) is 12.3. The van der Waals surface area contributed by atoms with E-state index in [1.807, 2.05) is 19.1 Å². The van der Waals surface area contributed by atoms with Gasteiger partial charge in [0.25, 0.3) is 0 Å². The molecule has 1 N–H and O–H groups in total. The highest BCUT2D eigenvalue weighted by molar-refractivity contribution is 5.92. The zero-order valence-corrected chi connectivity index (χ0v) is 13.4. The minimum Gasteiger partial charge on any atom is -0.369 e. The van der Waals surface area contributed by atoms with Crippen LogP contribution in [0, 0.1) is 5.92 Å². The maximum Gasteiger partial charge on any atom is 0.227 e. The molecule has 0 aliphatic rings. The van der Waals surface area contributed by atoms with Crippen molar-refractivity contribution in [3.8, 4) is 0 Å². The Balaban J connectivity index is 2.69. The summed E-state index contributed by atoms with van der Waals surface area (Å²) in [7, 11) is 0. The van der Waals surface area contributed by atoms with E-state index in [-0.39, 0.29) is 11.8 Å². The Bertz CT molecular complexity index is 412. The molecule has 20 heavy (non-hydrogen) atoms. The number of nitrogens with one attached hydrogen (secondary N) is 1. The van der Waals surface area contributed by atoms with Crippen molar-refractivity contribution in [2.24, 2.45) is 5.92 Å². The van der Waals surface area contributed by atoms with Crippen LogP contribution in [0.5, 0.6) is 0 Å². The molecule has 0 saturated heterocycles. The second kappa shape index (κ2) is 7.93. The molecule has 112 valence electrons. The first-order valence-electron chi connectivity index (χ1n) is 7.67. The Morgan fingerprint density at radius 2 is 1.75 bits per heavy atom. The highest BCUT2D eigenvalue weighted by Gasteiger charge is 2.12. The Morgan fingerprint density at radius 3 is 2.20 bits per heavy atom. The van der Waals surface area contributed by atoms with Crippen LogP contribution < -0.4 is 10.2 Å². The van der Waals surface area contributed by atoms with Crippen LogP contribution in [0.2, 0.25) is 0 Å². The molecule has 3 nitrogen and oxygen atoms in total. The summed E-state index contributed by atoms with van der Waals surface area (Å²) >= 11 is 0. The molecular weight excluding hydrogens is 248 g/mol. The largest absolute Gasteiger partial charge is 0.369 e. The molecule has 0 radical (unpaired) electrons. The van der Waals surface area contributed by atoms with E-state index in [0.29, 0.717) is 6.04 Å². The zero-order chi connectivity index (χ0) is 15.1. The Morgan fingerprint density at radius 1 is 1.15 bits per heavy atom. The van der Waals surface area contributed by atoms with Crippen LogP contribution in [-0.2, 0) is 4.79 Å². The van der Waals surface area contributed by atoms with E-state index in [9.17, 15) is 4.79 Å². The highest BCUT2D eigenvalue weighted by Crippen LogP contribution is 2.20. The quantitative estimate of drug-likeness (QED) is 0.805. The number of amides is 1. The van der Waals surface area contributed by atoms with Gasteiger partial charge < -0.3 is 10.2 Å². The van der Waals surface area contributed by atoms with Crippen molar-refractivity contribution in [2.75, 3.05) is 16.8 Å². The second-order valence-corrected chi connectivity index (χ2v) is 5.61. The number of carbonyl (C=O) groups is 1. The van der Waals surface area contributed by atoms with Crippen molar-refractivity contribution >= 4 is 17.3 Å². The van der Waals surface area contributed by atoms with E-state index in [1.165, 1.54) is 5.69 Å². The van der Waals surface area contributed by atoms with Gasteiger partial charge in [-0.25, -0.2) is 0 Å². The number of nitrogens with zero attached hydrogens (tertiary/aromatic N) is 1. The average molecular weight is 276 g/mol. The Labute approximate surface area is 123 Å². The number of hydrogen-bond acceptors (Lipinski definition) is 2. The summed E-state index contributed by atoms with van der Waals surface area (Å²) in [4.78, 5) is 14.3. The first-order valence-corrected chi connectivity index (χ1v) is 7.67. The molecule has 3 heteroatoms. The molecule has 0 heterocycles. The average Bonchev–Trinajstić information content (AvgIpc) is 2.41. The van der Waals surface area contributed by atoms with Gasteiger partial charge in [-0.2, -0.15) is 0 Å². The van der Waals surface area contributed by atoms with Crippen LogP contribution in [0.3, 0.4) is 0 Å². The number of anilines is 2. The van der Waals surface area contributed by atoms with Gasteiger partial charge in [0, 0.05) is 29.9 Å². The van der Waals surface area contributed by atoms with Crippen LogP contribution in [0.15, 0.2) is 24.3 Å². The van der Waals surface area contributed by atoms with Crippen molar-refractivity contribution in [1.29, 1.82) is 0 Å². The molecule has 0 aromatic heterocycles. The molecule has 0 aliphatic carbocycles. The minimum atomic E-state index is 0.0717. The minimum absolute atomic E-state index is 0.0717. The molecule has 0 aliphatic heterocycles. The fourth-order valence-electron chi connectivity index (χ4n) is 2.41. The van der Waals surface area contributed by atoms with E-state index >= 15 is 0 Å². The van der Waals surface area contributed by atoms with Gasteiger partial charge in [-0.15, -0.1) is 0 Å². The fraction of sp³-hybridized carbons (Fsp3) is 0.588. The Hall–Kier alpha value is -1.51. The molecule has 0 spiro atoms. The van der Waals surface area contributed by atoms with Gasteiger partial charge in [-0.3, -0.25) is 4.79 Å². The predicted octanol–water partition coefficient (Wildman–Crippen LogP) is 4.30. The maximum absolute atomic E-state index is 12.0. The summed E-state index contributed by atoms with van der Waals surface area (Å²) in [5, 5.41) is 2.98. The molecular formula is C17H28N2O. The third-order valence-corrected chi connectivity index (χ3v) is 3.60. The van der Waals surface area contributed by atoms with Gasteiger partial charge in [-0.05, 0) is 51.5 Å². The van der Waals surface area contributed by atoms with Crippen LogP contribution in [0.25, 0.3) is 0 Å². The molecule has 1 atom stereocenters. The molecule has 1 aromatic rings. The monoisotopic (exact) mass is 276 g/mol. The summed E-state index contributed by atoms with van der Waals surface area (Å²) in [6.45, 7) is 11.6. The van der Waals surface area contributed by atoms with Crippen molar-refractivity contribution in [2.45, 2.75) is 53.5 Å². The number of hydrogen-bond donors (Lipinski definition) is 1. The van der Waals surface area contributed by atoms with Crippen molar-refractivity contribution < 1.29 is 4.79 Å². The van der Waals surface area contributed by atoms with Gasteiger partial charge in [0.05, 0.1) is 0 Å². The summed E-state index contributed by atoms with van der Waals surface area (Å²) in [6.07, 6.45) is 1.97. The van der Waals surface area contributed by atoms with Gasteiger partial charge in [0.1, 0.15) is 0 Å². The van der Waals surface area contributed by atoms with Gasteiger partial charge in [-0.1, -0.05) is 20.3 Å². The van der Waals surface area contributed by atoms with Crippen molar-refractivity contribution in [1.82, 2.24) is 0 Å². The van der Waals surface area contributed by atoms with E-state index in [4.69, 9.17) is 0 Å². The van der Waals surface area contributed by atoms with Gasteiger partial charge in [0.2, 0.25) is 5.91 Å². The molecule has 1 aromatic carbocycles. The SMILES string of the molecule is CCCC(C)C(=O)Nc1ccc(N(CC)C(C)C)cc1.